The van der Waals surface area contributed by atoms with E-state index < -0.39 is 24.1 Å². The Hall–Kier alpha value is -2.38. The molecule has 0 amide bonds. The van der Waals surface area contributed by atoms with Crippen LogP contribution in [0, 0.1) is 18.8 Å². The number of carbonyl (C=O) groups excluding carboxylic acids is 2. The molecule has 0 saturated carbocycles. The van der Waals surface area contributed by atoms with Gasteiger partial charge in [0.25, 0.3) is 5.69 Å². The highest BCUT2D eigenvalue weighted by Crippen LogP contribution is 2.38. The van der Waals surface area contributed by atoms with Gasteiger partial charge in [-0.2, -0.15) is 4.73 Å². The van der Waals surface area contributed by atoms with E-state index in [4.69, 9.17) is 9.47 Å². The summed E-state index contributed by atoms with van der Waals surface area (Å²) in [6.07, 6.45) is -0.874. The molecule has 8 nitrogen and oxygen atoms in total. The van der Waals surface area contributed by atoms with E-state index >= 15 is 0 Å². The molecule has 0 radical (unpaired) electrons. The summed E-state index contributed by atoms with van der Waals surface area (Å²) < 4.78 is 11.8. The molecule has 2 rings (SSSR count). The zero-order valence-electron chi connectivity index (χ0n) is 13.0. The summed E-state index contributed by atoms with van der Waals surface area (Å²) in [5.74, 6) is -1.04. The zero-order chi connectivity index (χ0) is 16.6. The Morgan fingerprint density at radius 3 is 2.18 bits per heavy atom. The molecule has 0 aromatic carbocycles. The van der Waals surface area contributed by atoms with Gasteiger partial charge in [-0.25, -0.2) is 0 Å². The Labute approximate surface area is 126 Å². The summed E-state index contributed by atoms with van der Waals surface area (Å²) in [6, 6.07) is 0. The topological polar surface area (TPSA) is 101 Å². The van der Waals surface area contributed by atoms with Crippen molar-refractivity contribution >= 4 is 11.9 Å². The Balaban J connectivity index is 2.67. The molecular formula is C14H19N2O6+. The van der Waals surface area contributed by atoms with Crippen molar-refractivity contribution in [2.24, 2.45) is 0 Å². The molecule has 1 aliphatic carbocycles. The van der Waals surface area contributed by atoms with Crippen LogP contribution in [-0.4, -0.2) is 21.9 Å². The predicted molar refractivity (Wildman–Crippen MR) is 72.7 cm³/mol. The van der Waals surface area contributed by atoms with Crippen LogP contribution in [-0.2, 0) is 19.1 Å². The van der Waals surface area contributed by atoms with Gasteiger partial charge in [-0.05, 0) is 19.8 Å². The predicted octanol–water partition coefficient (Wildman–Crippen LogP) is 1.26. The molecule has 0 aliphatic heterocycles. The minimum Gasteiger partial charge on any atom is -0.456 e. The first-order valence-electron chi connectivity index (χ1n) is 6.96. The lowest BCUT2D eigenvalue weighted by atomic mass is 9.94. The fraction of sp³-hybridized carbons (Fsp3) is 0.571. The van der Waals surface area contributed by atoms with Crippen molar-refractivity contribution in [3.05, 3.63) is 27.7 Å². The van der Waals surface area contributed by atoms with Crippen LogP contribution in [0.1, 0.15) is 61.7 Å². The van der Waals surface area contributed by atoms with Gasteiger partial charge in [0.1, 0.15) is 5.69 Å². The molecule has 1 heterocycles. The van der Waals surface area contributed by atoms with E-state index in [0.29, 0.717) is 23.0 Å². The largest absolute Gasteiger partial charge is 0.456 e. The lowest BCUT2D eigenvalue weighted by molar-refractivity contribution is -0.523. The second-order valence-electron chi connectivity index (χ2n) is 5.32. The van der Waals surface area contributed by atoms with Gasteiger partial charge in [0, 0.05) is 25.7 Å². The average molecular weight is 311 g/mol. The van der Waals surface area contributed by atoms with Crippen molar-refractivity contribution in [2.75, 3.05) is 0 Å². The Bertz CT molecular complexity index is 694. The molecule has 0 bridgehead atoms. The minimum absolute atomic E-state index is 0.0956. The summed E-state index contributed by atoms with van der Waals surface area (Å²) >= 11 is 0. The van der Waals surface area contributed by atoms with Crippen LogP contribution in [0.5, 0.6) is 0 Å². The maximum absolute atomic E-state index is 12.5. The quantitative estimate of drug-likeness (QED) is 0.501. The second kappa shape index (κ2) is 5.78. The highest BCUT2D eigenvalue weighted by Gasteiger charge is 2.43. The molecule has 1 aromatic rings. The molecule has 0 unspecified atom stereocenters. The fourth-order valence-corrected chi connectivity index (χ4v) is 2.68. The first-order chi connectivity index (χ1) is 10.2. The van der Waals surface area contributed by atoms with E-state index in [-0.39, 0.29) is 17.1 Å². The maximum Gasteiger partial charge on any atom is 0.306 e. The SMILES string of the molecule is CC(=O)O[C@@H]1CC[C@@H](OC(C)=O)c2c1n(O)c(C)c(C)[n+]2=O. The number of hydrogen-bond donors (Lipinski definition) is 1. The fourth-order valence-electron chi connectivity index (χ4n) is 2.68. The maximum atomic E-state index is 12.5. The van der Waals surface area contributed by atoms with Gasteiger partial charge < -0.3 is 14.7 Å². The summed E-state index contributed by atoms with van der Waals surface area (Å²) in [7, 11) is 0. The summed E-state index contributed by atoms with van der Waals surface area (Å²) in [5.41, 5.74) is 0.848. The summed E-state index contributed by atoms with van der Waals surface area (Å²) in [6.45, 7) is 5.63. The average Bonchev–Trinajstić information content (AvgIpc) is 2.42. The third kappa shape index (κ3) is 2.68. The second-order valence-corrected chi connectivity index (χ2v) is 5.32. The van der Waals surface area contributed by atoms with Crippen LogP contribution in [0.25, 0.3) is 0 Å². The van der Waals surface area contributed by atoms with Gasteiger partial charge in [-0.15, -0.1) is 0 Å². The van der Waals surface area contributed by atoms with E-state index in [9.17, 15) is 19.7 Å². The molecule has 1 N–H and O–H groups in total. The van der Waals surface area contributed by atoms with Crippen LogP contribution >= 0.6 is 0 Å². The number of nitrogens with zero attached hydrogens (tertiary/aromatic N) is 2. The number of fused-ring (bicyclic) bond motifs is 1. The Kier molecular flexibility index (Phi) is 4.20. The molecule has 22 heavy (non-hydrogen) atoms. The number of rotatable bonds is 2. The molecule has 2 atom stereocenters. The van der Waals surface area contributed by atoms with Crippen molar-refractivity contribution in [2.45, 2.75) is 52.7 Å². The third-order valence-corrected chi connectivity index (χ3v) is 3.77. The summed E-state index contributed by atoms with van der Waals surface area (Å²) in [4.78, 5) is 35.0. The van der Waals surface area contributed by atoms with Crippen molar-refractivity contribution in [1.29, 1.82) is 0 Å². The van der Waals surface area contributed by atoms with Gasteiger partial charge in [-0.3, -0.25) is 9.59 Å². The summed E-state index contributed by atoms with van der Waals surface area (Å²) in [5, 5.41) is 10.3. The monoisotopic (exact) mass is 311 g/mol. The van der Waals surface area contributed by atoms with E-state index in [1.54, 1.807) is 13.8 Å². The van der Waals surface area contributed by atoms with Crippen LogP contribution < -0.4 is 4.43 Å². The minimum atomic E-state index is -0.783. The van der Waals surface area contributed by atoms with Gasteiger partial charge >= 0.3 is 17.6 Å². The van der Waals surface area contributed by atoms with Crippen molar-refractivity contribution in [3.8, 4) is 0 Å². The van der Waals surface area contributed by atoms with E-state index in [2.05, 4.69) is 0 Å². The normalized spacial score (nSPS) is 20.2. The van der Waals surface area contributed by atoms with Crippen molar-refractivity contribution in [3.63, 3.8) is 0 Å². The standard InChI is InChI=1S/C14H19N2O6/c1-7-8(2)16(20)14-12(22-10(4)18)6-5-11(21-9(3)17)13(14)15(7)19/h11-12,19H,5-6H2,1-4H3/q+1/t11-,12-/m1/s1. The van der Waals surface area contributed by atoms with E-state index in [0.717, 1.165) is 4.73 Å². The number of hydrogen-bond acceptors (Lipinski definition) is 6. The highest BCUT2D eigenvalue weighted by atomic mass is 16.6. The van der Waals surface area contributed by atoms with Gasteiger partial charge in [-0.1, -0.05) is 0 Å². The Morgan fingerprint density at radius 1 is 1.14 bits per heavy atom. The number of esters is 2. The number of carbonyl (C=O) groups is 2. The molecular weight excluding hydrogens is 292 g/mol. The lowest BCUT2D eigenvalue weighted by Gasteiger charge is -2.27. The lowest BCUT2D eigenvalue weighted by Crippen LogP contribution is -2.39. The smallest absolute Gasteiger partial charge is 0.306 e. The van der Waals surface area contributed by atoms with E-state index in [1.807, 2.05) is 0 Å². The molecule has 0 saturated heterocycles. The van der Waals surface area contributed by atoms with Crippen molar-refractivity contribution < 1.29 is 28.7 Å². The Morgan fingerprint density at radius 2 is 1.64 bits per heavy atom. The number of aromatic nitrogens is 2. The molecule has 0 spiro atoms. The highest BCUT2D eigenvalue weighted by molar-refractivity contribution is 5.67. The first kappa shape index (κ1) is 16.0. The van der Waals surface area contributed by atoms with Crippen LogP contribution in [0.2, 0.25) is 0 Å². The van der Waals surface area contributed by atoms with Gasteiger partial charge in [0.05, 0.1) is 4.43 Å². The molecule has 1 aliphatic rings. The van der Waals surface area contributed by atoms with E-state index in [1.165, 1.54) is 13.8 Å². The van der Waals surface area contributed by atoms with Crippen LogP contribution in [0.4, 0.5) is 0 Å². The van der Waals surface area contributed by atoms with Crippen LogP contribution in [0.15, 0.2) is 0 Å². The molecule has 8 heteroatoms. The zero-order valence-corrected chi connectivity index (χ0v) is 13.0. The van der Waals surface area contributed by atoms with Crippen molar-refractivity contribution in [1.82, 2.24) is 4.73 Å². The van der Waals surface area contributed by atoms with Crippen LogP contribution in [0.3, 0.4) is 0 Å². The van der Waals surface area contributed by atoms with Gasteiger partial charge in [0.2, 0.25) is 0 Å². The molecule has 1 aromatic heterocycles. The molecule has 120 valence electrons. The first-order valence-corrected chi connectivity index (χ1v) is 6.96. The third-order valence-electron chi connectivity index (χ3n) is 3.77. The molecule has 0 fully saturated rings. The van der Waals surface area contributed by atoms with Gasteiger partial charge in [0.15, 0.2) is 17.9 Å². The number of ether oxygens (including phenoxy) is 2.